The predicted molar refractivity (Wildman–Crippen MR) is 94.8 cm³/mol. The van der Waals surface area contributed by atoms with Gasteiger partial charge in [-0.05, 0) is 35.9 Å². The van der Waals surface area contributed by atoms with E-state index in [0.717, 1.165) is 21.7 Å². The van der Waals surface area contributed by atoms with Crippen molar-refractivity contribution in [2.45, 2.75) is 6.18 Å². The van der Waals surface area contributed by atoms with E-state index in [2.05, 4.69) is 31.0 Å². The largest absolute Gasteiger partial charge is 0.433 e. The summed E-state index contributed by atoms with van der Waals surface area (Å²) in [6.07, 6.45) is 0.392. The van der Waals surface area contributed by atoms with Gasteiger partial charge < -0.3 is 0 Å². The van der Waals surface area contributed by atoms with E-state index in [9.17, 15) is 13.2 Å². The lowest BCUT2D eigenvalue weighted by atomic mass is 10.1. The predicted octanol–water partition coefficient (Wildman–Crippen LogP) is 5.26. The number of hydrogen-bond acceptors (Lipinski definition) is 3. The van der Waals surface area contributed by atoms with E-state index >= 15 is 0 Å². The number of hydrogen-bond donors (Lipinski definition) is 0. The normalized spacial score (nSPS) is 11.8. The van der Waals surface area contributed by atoms with Crippen LogP contribution in [0.5, 0.6) is 0 Å². The molecule has 3 heterocycles. The maximum absolute atomic E-state index is 12.9. The van der Waals surface area contributed by atoms with Crippen LogP contribution >= 0.6 is 15.9 Å². The third kappa shape index (κ3) is 3.08. The molecular formula is C18H10BrF3N4. The van der Waals surface area contributed by atoms with Crippen LogP contribution in [0.15, 0.2) is 65.5 Å². The average molecular weight is 419 g/mol. The molecule has 0 fully saturated rings. The van der Waals surface area contributed by atoms with E-state index in [1.54, 1.807) is 12.4 Å². The highest BCUT2D eigenvalue weighted by Gasteiger charge is 2.32. The molecule has 0 spiro atoms. The summed E-state index contributed by atoms with van der Waals surface area (Å²) in [5.41, 5.74) is 1.11. The summed E-state index contributed by atoms with van der Waals surface area (Å²) >= 11 is 3.43. The number of alkyl halides is 3. The maximum Gasteiger partial charge on any atom is 0.433 e. The van der Waals surface area contributed by atoms with E-state index in [4.69, 9.17) is 0 Å². The molecule has 0 bridgehead atoms. The summed E-state index contributed by atoms with van der Waals surface area (Å²) in [6, 6.07) is 11.5. The molecule has 4 rings (SSSR count). The first kappa shape index (κ1) is 16.7. The van der Waals surface area contributed by atoms with Crippen molar-refractivity contribution < 1.29 is 13.2 Å². The van der Waals surface area contributed by atoms with E-state index in [0.29, 0.717) is 11.2 Å². The number of rotatable bonds is 2. The van der Waals surface area contributed by atoms with Gasteiger partial charge in [0.05, 0.1) is 11.7 Å². The van der Waals surface area contributed by atoms with Gasteiger partial charge in [-0.1, -0.05) is 28.1 Å². The lowest BCUT2D eigenvalue weighted by Gasteiger charge is -2.09. The van der Waals surface area contributed by atoms with Crippen LogP contribution in [0.2, 0.25) is 0 Å². The standard InChI is InChI=1S/C18H10BrF3N4/c19-13-3-1-2-11(8-13)12-9-24-26(10-12)17-14-4-5-16(18(20,21)22)25-15(14)6-7-23-17/h1-10H. The summed E-state index contributed by atoms with van der Waals surface area (Å²) in [5.74, 6) is 0.421. The summed E-state index contributed by atoms with van der Waals surface area (Å²) in [4.78, 5) is 7.96. The van der Waals surface area contributed by atoms with E-state index in [1.165, 1.54) is 23.0 Å². The maximum atomic E-state index is 12.9. The second-order valence-corrected chi connectivity index (χ2v) is 6.50. The molecule has 0 atom stereocenters. The van der Waals surface area contributed by atoms with Crippen molar-refractivity contribution in [2.24, 2.45) is 0 Å². The van der Waals surface area contributed by atoms with Gasteiger partial charge in [-0.2, -0.15) is 18.3 Å². The Balaban J connectivity index is 1.80. The molecule has 0 unspecified atom stereocenters. The van der Waals surface area contributed by atoms with Crippen LogP contribution in [0.3, 0.4) is 0 Å². The molecule has 130 valence electrons. The molecule has 0 N–H and O–H groups in total. The van der Waals surface area contributed by atoms with Crippen molar-refractivity contribution in [3.63, 3.8) is 0 Å². The average Bonchev–Trinajstić information content (AvgIpc) is 3.10. The first-order valence-electron chi connectivity index (χ1n) is 7.56. The second-order valence-electron chi connectivity index (χ2n) is 5.58. The Kier molecular flexibility index (Phi) is 3.99. The zero-order valence-electron chi connectivity index (χ0n) is 13.1. The van der Waals surface area contributed by atoms with E-state index in [1.807, 2.05) is 24.3 Å². The van der Waals surface area contributed by atoms with Gasteiger partial charge in [0.1, 0.15) is 5.69 Å². The molecule has 3 aromatic heterocycles. The fraction of sp³-hybridized carbons (Fsp3) is 0.0556. The van der Waals surface area contributed by atoms with Crippen LogP contribution in [0, 0.1) is 0 Å². The van der Waals surface area contributed by atoms with Crippen molar-refractivity contribution in [3.8, 4) is 16.9 Å². The highest BCUT2D eigenvalue weighted by atomic mass is 79.9. The molecule has 0 saturated carbocycles. The van der Waals surface area contributed by atoms with Gasteiger partial charge in [-0.25, -0.2) is 14.6 Å². The lowest BCUT2D eigenvalue weighted by molar-refractivity contribution is -0.140. The molecule has 0 aliphatic carbocycles. The van der Waals surface area contributed by atoms with Gasteiger partial charge >= 0.3 is 6.18 Å². The fourth-order valence-corrected chi connectivity index (χ4v) is 3.03. The Bertz CT molecular complexity index is 1100. The third-order valence-corrected chi connectivity index (χ3v) is 4.34. The van der Waals surface area contributed by atoms with Gasteiger partial charge in [0.2, 0.25) is 0 Å². The molecule has 4 aromatic rings. The smallest absolute Gasteiger partial charge is 0.243 e. The monoisotopic (exact) mass is 418 g/mol. The van der Waals surface area contributed by atoms with Gasteiger partial charge in [-0.15, -0.1) is 0 Å². The molecule has 0 aliphatic rings. The van der Waals surface area contributed by atoms with Gasteiger partial charge in [-0.3, -0.25) is 0 Å². The van der Waals surface area contributed by atoms with Crippen LogP contribution in [0.1, 0.15) is 5.69 Å². The number of aromatic nitrogens is 4. The van der Waals surface area contributed by atoms with Crippen molar-refractivity contribution in [1.82, 2.24) is 19.7 Å². The Labute approximate surface area is 154 Å². The molecule has 8 heteroatoms. The second kappa shape index (κ2) is 6.21. The molecule has 0 amide bonds. The quantitative estimate of drug-likeness (QED) is 0.445. The topological polar surface area (TPSA) is 43.6 Å². The van der Waals surface area contributed by atoms with Crippen LogP contribution in [0.4, 0.5) is 13.2 Å². The molecule has 0 saturated heterocycles. The van der Waals surface area contributed by atoms with Crippen LogP contribution in [-0.4, -0.2) is 19.7 Å². The van der Waals surface area contributed by atoms with Crippen molar-refractivity contribution in [3.05, 3.63) is 71.2 Å². The van der Waals surface area contributed by atoms with Gasteiger partial charge in [0, 0.05) is 27.8 Å². The fourth-order valence-electron chi connectivity index (χ4n) is 2.64. The Morgan fingerprint density at radius 1 is 1.00 bits per heavy atom. The summed E-state index contributed by atoms with van der Waals surface area (Å²) < 4.78 is 41.1. The number of benzene rings is 1. The number of nitrogens with zero attached hydrogens (tertiary/aromatic N) is 4. The Morgan fingerprint density at radius 3 is 2.62 bits per heavy atom. The first-order chi connectivity index (χ1) is 12.4. The summed E-state index contributed by atoms with van der Waals surface area (Å²) in [7, 11) is 0. The Hall–Kier alpha value is -2.74. The Morgan fingerprint density at radius 2 is 1.85 bits per heavy atom. The zero-order chi connectivity index (χ0) is 18.3. The van der Waals surface area contributed by atoms with Gasteiger partial charge in [0.25, 0.3) is 0 Å². The minimum Gasteiger partial charge on any atom is -0.243 e. The van der Waals surface area contributed by atoms with Crippen molar-refractivity contribution in [1.29, 1.82) is 0 Å². The highest BCUT2D eigenvalue weighted by molar-refractivity contribution is 9.10. The number of pyridine rings is 2. The summed E-state index contributed by atoms with van der Waals surface area (Å²) in [6.45, 7) is 0. The molecule has 1 aromatic carbocycles. The molecule has 0 radical (unpaired) electrons. The minimum atomic E-state index is -4.49. The summed E-state index contributed by atoms with van der Waals surface area (Å²) in [5, 5.41) is 4.79. The van der Waals surface area contributed by atoms with Gasteiger partial charge in [0.15, 0.2) is 5.82 Å². The lowest BCUT2D eigenvalue weighted by Crippen LogP contribution is -2.08. The van der Waals surface area contributed by atoms with Crippen LogP contribution in [-0.2, 0) is 6.18 Å². The highest BCUT2D eigenvalue weighted by Crippen LogP contribution is 2.30. The van der Waals surface area contributed by atoms with Crippen molar-refractivity contribution in [2.75, 3.05) is 0 Å². The first-order valence-corrected chi connectivity index (χ1v) is 8.35. The SMILES string of the molecule is FC(F)(F)c1ccc2c(-n3cc(-c4cccc(Br)c4)cn3)nccc2n1. The van der Waals surface area contributed by atoms with Crippen LogP contribution in [0.25, 0.3) is 27.8 Å². The molecular weight excluding hydrogens is 409 g/mol. The van der Waals surface area contributed by atoms with E-state index in [-0.39, 0.29) is 5.52 Å². The number of fused-ring (bicyclic) bond motifs is 1. The zero-order valence-corrected chi connectivity index (χ0v) is 14.7. The number of halogens is 4. The van der Waals surface area contributed by atoms with Crippen LogP contribution < -0.4 is 0 Å². The molecule has 26 heavy (non-hydrogen) atoms. The third-order valence-electron chi connectivity index (χ3n) is 3.84. The molecule has 0 aliphatic heterocycles. The van der Waals surface area contributed by atoms with Crippen molar-refractivity contribution >= 4 is 26.8 Å². The van der Waals surface area contributed by atoms with E-state index < -0.39 is 11.9 Å². The minimum absolute atomic E-state index is 0.212. The molecule has 4 nitrogen and oxygen atoms in total.